The zero-order valence-electron chi connectivity index (χ0n) is 9.07. The van der Waals surface area contributed by atoms with Crippen molar-refractivity contribution in [2.24, 2.45) is 0 Å². The van der Waals surface area contributed by atoms with Crippen molar-refractivity contribution >= 4 is 11.6 Å². The molecule has 0 radical (unpaired) electrons. The predicted octanol–water partition coefficient (Wildman–Crippen LogP) is 3.54. The molecule has 0 aliphatic rings. The number of hydrogen-bond donors (Lipinski definition) is 0. The third-order valence-corrected chi connectivity index (χ3v) is 2.38. The number of benzene rings is 1. The van der Waals surface area contributed by atoms with Crippen LogP contribution in [0.15, 0.2) is 30.6 Å². The molecule has 0 N–H and O–H groups in total. The summed E-state index contributed by atoms with van der Waals surface area (Å²) in [5.74, 6) is 1.21. The molecule has 0 bridgehead atoms. The summed E-state index contributed by atoms with van der Waals surface area (Å²) < 4.78 is 5.66. The molecule has 1 aromatic heterocycles. The number of nitrogens with zero attached hydrogens (tertiary/aromatic N) is 2. The van der Waals surface area contributed by atoms with E-state index in [-0.39, 0.29) is 0 Å². The van der Waals surface area contributed by atoms with Gasteiger partial charge in [-0.05, 0) is 25.0 Å². The van der Waals surface area contributed by atoms with E-state index >= 15 is 0 Å². The van der Waals surface area contributed by atoms with E-state index in [1.165, 1.54) is 12.4 Å². The normalized spacial score (nSPS) is 10.2. The number of aromatic nitrogens is 2. The number of rotatable bonds is 2. The molecular formula is C12H11ClN2O. The van der Waals surface area contributed by atoms with E-state index in [1.54, 1.807) is 0 Å². The van der Waals surface area contributed by atoms with Gasteiger partial charge in [0, 0.05) is 0 Å². The molecule has 82 valence electrons. The highest BCUT2D eigenvalue weighted by Crippen LogP contribution is 2.27. The summed E-state index contributed by atoms with van der Waals surface area (Å²) in [7, 11) is 0. The molecule has 3 nitrogen and oxygen atoms in total. The Morgan fingerprint density at radius 3 is 2.44 bits per heavy atom. The van der Waals surface area contributed by atoms with Crippen LogP contribution in [0.1, 0.15) is 11.1 Å². The molecule has 4 heteroatoms. The molecule has 0 saturated heterocycles. The highest BCUT2D eigenvalue weighted by molar-refractivity contribution is 6.29. The SMILES string of the molecule is Cc1cccc(C)c1Oc1cncc(Cl)n1. The first-order valence-corrected chi connectivity index (χ1v) is 5.26. The molecule has 0 aliphatic carbocycles. The van der Waals surface area contributed by atoms with Crippen LogP contribution in [0.3, 0.4) is 0 Å². The zero-order valence-corrected chi connectivity index (χ0v) is 9.82. The van der Waals surface area contributed by atoms with Crippen molar-refractivity contribution in [2.45, 2.75) is 13.8 Å². The van der Waals surface area contributed by atoms with E-state index in [0.717, 1.165) is 16.9 Å². The average molecular weight is 235 g/mol. The van der Waals surface area contributed by atoms with Gasteiger partial charge in [0.15, 0.2) is 5.15 Å². The molecule has 0 atom stereocenters. The lowest BCUT2D eigenvalue weighted by atomic mass is 10.1. The molecular weight excluding hydrogens is 224 g/mol. The Morgan fingerprint density at radius 1 is 1.12 bits per heavy atom. The summed E-state index contributed by atoms with van der Waals surface area (Å²) in [6.07, 6.45) is 3.01. The highest BCUT2D eigenvalue weighted by Gasteiger charge is 2.06. The minimum Gasteiger partial charge on any atom is -0.437 e. The maximum absolute atomic E-state index is 5.74. The fourth-order valence-electron chi connectivity index (χ4n) is 1.44. The summed E-state index contributed by atoms with van der Waals surface area (Å²) in [5.41, 5.74) is 2.11. The van der Waals surface area contributed by atoms with Crippen LogP contribution in [0.25, 0.3) is 0 Å². The average Bonchev–Trinajstić information content (AvgIpc) is 2.24. The number of aryl methyl sites for hydroxylation is 2. The molecule has 0 saturated carbocycles. The van der Waals surface area contributed by atoms with Crippen LogP contribution in [-0.2, 0) is 0 Å². The fourth-order valence-corrected chi connectivity index (χ4v) is 1.58. The predicted molar refractivity (Wildman–Crippen MR) is 63.0 cm³/mol. The lowest BCUT2D eigenvalue weighted by molar-refractivity contribution is 0.453. The monoisotopic (exact) mass is 234 g/mol. The first-order chi connectivity index (χ1) is 7.66. The van der Waals surface area contributed by atoms with E-state index in [1.807, 2.05) is 32.0 Å². The van der Waals surface area contributed by atoms with E-state index in [2.05, 4.69) is 9.97 Å². The Bertz CT molecular complexity index is 494. The van der Waals surface area contributed by atoms with E-state index in [9.17, 15) is 0 Å². The number of ether oxygens (including phenoxy) is 1. The van der Waals surface area contributed by atoms with Crippen LogP contribution >= 0.6 is 11.6 Å². The minimum absolute atomic E-state index is 0.323. The maximum atomic E-state index is 5.74. The first-order valence-electron chi connectivity index (χ1n) is 4.88. The fraction of sp³-hybridized carbons (Fsp3) is 0.167. The lowest BCUT2D eigenvalue weighted by Crippen LogP contribution is -1.93. The highest BCUT2D eigenvalue weighted by atomic mass is 35.5. The van der Waals surface area contributed by atoms with Gasteiger partial charge in [0.25, 0.3) is 0 Å². The van der Waals surface area contributed by atoms with Gasteiger partial charge in [-0.1, -0.05) is 29.8 Å². The molecule has 16 heavy (non-hydrogen) atoms. The van der Waals surface area contributed by atoms with E-state index < -0.39 is 0 Å². The van der Waals surface area contributed by atoms with Gasteiger partial charge in [-0.15, -0.1) is 0 Å². The summed E-state index contributed by atoms with van der Waals surface area (Å²) in [5, 5.41) is 0.323. The van der Waals surface area contributed by atoms with Gasteiger partial charge >= 0.3 is 0 Å². The molecule has 2 aromatic rings. The summed E-state index contributed by atoms with van der Waals surface area (Å²) in [6, 6.07) is 5.96. The van der Waals surface area contributed by atoms with E-state index in [4.69, 9.17) is 16.3 Å². The number of halogens is 1. The minimum atomic E-state index is 0.323. The second-order valence-corrected chi connectivity index (χ2v) is 3.89. The second-order valence-electron chi connectivity index (χ2n) is 3.50. The van der Waals surface area contributed by atoms with E-state index in [0.29, 0.717) is 11.0 Å². The van der Waals surface area contributed by atoms with Gasteiger partial charge < -0.3 is 4.74 Å². The van der Waals surface area contributed by atoms with Gasteiger partial charge in [-0.25, -0.2) is 0 Å². The van der Waals surface area contributed by atoms with Crippen molar-refractivity contribution in [3.05, 3.63) is 46.9 Å². The summed E-state index contributed by atoms with van der Waals surface area (Å²) in [4.78, 5) is 7.95. The molecule has 0 aliphatic heterocycles. The van der Waals surface area contributed by atoms with Crippen molar-refractivity contribution < 1.29 is 4.74 Å². The standard InChI is InChI=1S/C12H11ClN2O/c1-8-4-3-5-9(2)12(8)16-11-7-14-6-10(13)15-11/h3-7H,1-2H3. The molecule has 0 unspecified atom stereocenters. The van der Waals surface area contributed by atoms with Crippen LogP contribution in [0.4, 0.5) is 0 Å². The van der Waals surface area contributed by atoms with Crippen LogP contribution in [0, 0.1) is 13.8 Å². The topological polar surface area (TPSA) is 35.0 Å². The van der Waals surface area contributed by atoms with Gasteiger partial charge in [-0.2, -0.15) is 4.98 Å². The molecule has 1 heterocycles. The largest absolute Gasteiger partial charge is 0.437 e. The molecule has 2 rings (SSSR count). The maximum Gasteiger partial charge on any atom is 0.239 e. The Hall–Kier alpha value is -1.61. The van der Waals surface area contributed by atoms with Crippen molar-refractivity contribution in [2.75, 3.05) is 0 Å². The van der Waals surface area contributed by atoms with Crippen LogP contribution in [0.2, 0.25) is 5.15 Å². The Kier molecular flexibility index (Phi) is 3.06. The van der Waals surface area contributed by atoms with Crippen LogP contribution < -0.4 is 4.74 Å². The lowest BCUT2D eigenvalue weighted by Gasteiger charge is -2.10. The molecule has 0 fully saturated rings. The third-order valence-electron chi connectivity index (χ3n) is 2.20. The summed E-state index contributed by atoms with van der Waals surface area (Å²) >= 11 is 5.74. The third kappa shape index (κ3) is 2.31. The molecule has 1 aromatic carbocycles. The molecule has 0 spiro atoms. The van der Waals surface area contributed by atoms with Gasteiger partial charge in [0.2, 0.25) is 5.88 Å². The van der Waals surface area contributed by atoms with Crippen molar-refractivity contribution in [1.82, 2.24) is 9.97 Å². The number of hydrogen-bond acceptors (Lipinski definition) is 3. The van der Waals surface area contributed by atoms with Crippen LogP contribution in [0.5, 0.6) is 11.6 Å². The second kappa shape index (κ2) is 4.49. The first kappa shape index (κ1) is 10.9. The smallest absolute Gasteiger partial charge is 0.239 e. The Morgan fingerprint density at radius 2 is 1.81 bits per heavy atom. The van der Waals surface area contributed by atoms with Crippen molar-refractivity contribution in [1.29, 1.82) is 0 Å². The number of para-hydroxylation sites is 1. The van der Waals surface area contributed by atoms with Gasteiger partial charge in [0.1, 0.15) is 5.75 Å². The Balaban J connectivity index is 2.34. The summed E-state index contributed by atoms with van der Waals surface area (Å²) in [6.45, 7) is 3.97. The zero-order chi connectivity index (χ0) is 11.5. The van der Waals surface area contributed by atoms with Gasteiger partial charge in [-0.3, -0.25) is 4.98 Å². The quantitative estimate of drug-likeness (QED) is 0.797. The Labute approximate surface area is 99.1 Å². The van der Waals surface area contributed by atoms with Crippen molar-refractivity contribution in [3.63, 3.8) is 0 Å². The van der Waals surface area contributed by atoms with Crippen LogP contribution in [-0.4, -0.2) is 9.97 Å². The van der Waals surface area contributed by atoms with Gasteiger partial charge in [0.05, 0.1) is 12.4 Å². The van der Waals surface area contributed by atoms with Crippen molar-refractivity contribution in [3.8, 4) is 11.6 Å². The molecule has 0 amide bonds.